The van der Waals surface area contributed by atoms with E-state index in [-0.39, 0.29) is 19.0 Å². The van der Waals surface area contributed by atoms with E-state index in [4.69, 9.17) is 10.2 Å². The van der Waals surface area contributed by atoms with Gasteiger partial charge in [-0.15, -0.1) is 12.4 Å². The van der Waals surface area contributed by atoms with E-state index >= 15 is 0 Å². The van der Waals surface area contributed by atoms with E-state index in [0.717, 1.165) is 19.3 Å². The second-order valence-corrected chi connectivity index (χ2v) is 1.98. The molecule has 0 heterocycles. The molecule has 0 spiro atoms. The second-order valence-electron chi connectivity index (χ2n) is 1.98. The summed E-state index contributed by atoms with van der Waals surface area (Å²) in [5, 5.41) is 17.1. The van der Waals surface area contributed by atoms with Crippen LogP contribution in [-0.4, -0.2) is 22.9 Å². The van der Waals surface area contributed by atoms with Gasteiger partial charge in [0.05, 0.1) is 12.7 Å². The van der Waals surface area contributed by atoms with Gasteiger partial charge >= 0.3 is 0 Å². The van der Waals surface area contributed by atoms with Crippen molar-refractivity contribution in [1.29, 1.82) is 0 Å². The van der Waals surface area contributed by atoms with Crippen LogP contribution in [0.25, 0.3) is 0 Å². The third kappa shape index (κ3) is 8.21. The molecule has 3 heteroatoms. The lowest BCUT2D eigenvalue weighted by Gasteiger charge is -2.02. The van der Waals surface area contributed by atoms with E-state index in [1.807, 2.05) is 0 Å². The molecule has 0 bridgehead atoms. The van der Waals surface area contributed by atoms with Gasteiger partial charge in [0.1, 0.15) is 0 Å². The standard InChI is InChI=1S/C6H14O2.ClH/c1-2-3-4-6(8)5-7;/h6-8H,2-5H2,1H3;1H. The first-order valence-corrected chi connectivity index (χ1v) is 3.10. The SMILES string of the molecule is CCCCC(O)CO.Cl. The van der Waals surface area contributed by atoms with Crippen LogP contribution in [0, 0.1) is 0 Å². The van der Waals surface area contributed by atoms with E-state index in [9.17, 15) is 0 Å². The van der Waals surface area contributed by atoms with Crippen LogP contribution in [0.4, 0.5) is 0 Å². The molecule has 0 aromatic rings. The Morgan fingerprint density at radius 1 is 1.44 bits per heavy atom. The van der Waals surface area contributed by atoms with Crippen molar-refractivity contribution in [3.8, 4) is 0 Å². The molecule has 0 saturated carbocycles. The van der Waals surface area contributed by atoms with Crippen LogP contribution in [0.5, 0.6) is 0 Å². The maximum Gasteiger partial charge on any atom is 0.0770 e. The predicted molar refractivity (Wildman–Crippen MR) is 39.9 cm³/mol. The number of aliphatic hydroxyl groups is 2. The smallest absolute Gasteiger partial charge is 0.0770 e. The number of hydrogen-bond donors (Lipinski definition) is 2. The Morgan fingerprint density at radius 3 is 2.33 bits per heavy atom. The zero-order chi connectivity index (χ0) is 6.41. The molecule has 58 valence electrons. The van der Waals surface area contributed by atoms with Gasteiger partial charge in [-0.05, 0) is 6.42 Å². The molecule has 0 aliphatic heterocycles. The first-order chi connectivity index (χ1) is 3.81. The van der Waals surface area contributed by atoms with Crippen molar-refractivity contribution in [1.82, 2.24) is 0 Å². The fourth-order valence-corrected chi connectivity index (χ4v) is 0.531. The normalized spacial score (nSPS) is 12.3. The third-order valence-corrected chi connectivity index (χ3v) is 1.10. The van der Waals surface area contributed by atoms with Gasteiger partial charge in [0.25, 0.3) is 0 Å². The van der Waals surface area contributed by atoms with Gasteiger partial charge in [-0.1, -0.05) is 19.8 Å². The Hall–Kier alpha value is 0.210. The Bertz CT molecular complexity index is 50.3. The van der Waals surface area contributed by atoms with Gasteiger partial charge in [0, 0.05) is 0 Å². The van der Waals surface area contributed by atoms with Crippen LogP contribution in [0.1, 0.15) is 26.2 Å². The molecule has 0 aromatic carbocycles. The summed E-state index contributed by atoms with van der Waals surface area (Å²) < 4.78 is 0. The molecule has 1 atom stereocenters. The molecule has 0 amide bonds. The summed E-state index contributed by atoms with van der Waals surface area (Å²) in [6.45, 7) is 1.96. The van der Waals surface area contributed by atoms with E-state index in [1.165, 1.54) is 0 Å². The van der Waals surface area contributed by atoms with E-state index in [1.54, 1.807) is 0 Å². The molecule has 1 unspecified atom stereocenters. The minimum Gasteiger partial charge on any atom is -0.394 e. The molecular formula is C6H15ClO2. The number of hydrogen-bond acceptors (Lipinski definition) is 2. The lowest BCUT2D eigenvalue weighted by molar-refractivity contribution is 0.0865. The number of rotatable bonds is 4. The second kappa shape index (κ2) is 8.21. The van der Waals surface area contributed by atoms with Gasteiger partial charge < -0.3 is 10.2 Å². The Balaban J connectivity index is 0. The van der Waals surface area contributed by atoms with Crippen molar-refractivity contribution in [2.75, 3.05) is 6.61 Å². The van der Waals surface area contributed by atoms with Crippen LogP contribution in [-0.2, 0) is 0 Å². The average Bonchev–Trinajstić information content (AvgIpc) is 1.83. The van der Waals surface area contributed by atoms with Crippen LogP contribution in [0.2, 0.25) is 0 Å². The maximum absolute atomic E-state index is 8.74. The first-order valence-electron chi connectivity index (χ1n) is 3.10. The lowest BCUT2D eigenvalue weighted by Crippen LogP contribution is -2.10. The number of halogens is 1. The Labute approximate surface area is 62.3 Å². The molecule has 0 fully saturated rings. The molecule has 0 rings (SSSR count). The zero-order valence-corrected chi connectivity index (χ0v) is 6.52. The molecular weight excluding hydrogens is 140 g/mol. The number of aliphatic hydroxyl groups excluding tert-OH is 2. The molecule has 2 N–H and O–H groups in total. The van der Waals surface area contributed by atoms with E-state index in [0.29, 0.717) is 0 Å². The zero-order valence-electron chi connectivity index (χ0n) is 5.71. The quantitative estimate of drug-likeness (QED) is 0.633. The van der Waals surface area contributed by atoms with Crippen LogP contribution >= 0.6 is 12.4 Å². The summed E-state index contributed by atoms with van der Waals surface area (Å²) in [4.78, 5) is 0. The summed E-state index contributed by atoms with van der Waals surface area (Å²) in [5.74, 6) is 0. The average molecular weight is 155 g/mol. The van der Waals surface area contributed by atoms with Gasteiger partial charge in [-0.2, -0.15) is 0 Å². The highest BCUT2D eigenvalue weighted by Gasteiger charge is 1.97. The molecule has 0 aliphatic carbocycles. The molecule has 0 saturated heterocycles. The Morgan fingerprint density at radius 2 is 2.00 bits per heavy atom. The Kier molecular flexibility index (Phi) is 10.9. The van der Waals surface area contributed by atoms with Crippen molar-refractivity contribution >= 4 is 12.4 Å². The largest absolute Gasteiger partial charge is 0.394 e. The van der Waals surface area contributed by atoms with Gasteiger partial charge in [-0.25, -0.2) is 0 Å². The van der Waals surface area contributed by atoms with E-state index < -0.39 is 6.10 Å². The first kappa shape index (κ1) is 11.9. The molecule has 9 heavy (non-hydrogen) atoms. The fourth-order valence-electron chi connectivity index (χ4n) is 0.531. The molecule has 2 nitrogen and oxygen atoms in total. The minimum atomic E-state index is -0.491. The van der Waals surface area contributed by atoms with Gasteiger partial charge in [-0.3, -0.25) is 0 Å². The van der Waals surface area contributed by atoms with Crippen molar-refractivity contribution in [3.05, 3.63) is 0 Å². The molecule has 0 radical (unpaired) electrons. The van der Waals surface area contributed by atoms with Crippen molar-refractivity contribution in [2.24, 2.45) is 0 Å². The van der Waals surface area contributed by atoms with Gasteiger partial charge in [0.15, 0.2) is 0 Å². The fraction of sp³-hybridized carbons (Fsp3) is 1.00. The minimum absolute atomic E-state index is 0. The molecule has 0 aromatic heterocycles. The van der Waals surface area contributed by atoms with E-state index in [2.05, 4.69) is 6.92 Å². The monoisotopic (exact) mass is 154 g/mol. The summed E-state index contributed by atoms with van der Waals surface area (Å²) in [5.41, 5.74) is 0. The third-order valence-electron chi connectivity index (χ3n) is 1.10. The van der Waals surface area contributed by atoms with Gasteiger partial charge in [0.2, 0.25) is 0 Å². The summed E-state index contributed by atoms with van der Waals surface area (Å²) in [6, 6.07) is 0. The molecule has 0 aliphatic rings. The van der Waals surface area contributed by atoms with Crippen molar-refractivity contribution in [2.45, 2.75) is 32.3 Å². The lowest BCUT2D eigenvalue weighted by atomic mass is 10.2. The van der Waals surface area contributed by atoms with Crippen LogP contribution < -0.4 is 0 Å². The maximum atomic E-state index is 8.74. The van der Waals surface area contributed by atoms with Crippen LogP contribution in [0.3, 0.4) is 0 Å². The summed E-state index contributed by atoms with van der Waals surface area (Å²) >= 11 is 0. The highest BCUT2D eigenvalue weighted by Crippen LogP contribution is 1.97. The highest BCUT2D eigenvalue weighted by molar-refractivity contribution is 5.85. The van der Waals surface area contributed by atoms with Crippen molar-refractivity contribution < 1.29 is 10.2 Å². The predicted octanol–water partition coefficient (Wildman–Crippen LogP) is 0.952. The van der Waals surface area contributed by atoms with Crippen LogP contribution in [0.15, 0.2) is 0 Å². The highest BCUT2D eigenvalue weighted by atomic mass is 35.5. The van der Waals surface area contributed by atoms with Crippen molar-refractivity contribution in [3.63, 3.8) is 0 Å². The summed E-state index contributed by atoms with van der Waals surface area (Å²) in [6.07, 6.45) is 2.32. The summed E-state index contributed by atoms with van der Waals surface area (Å²) in [7, 11) is 0. The topological polar surface area (TPSA) is 40.5 Å². The number of unbranched alkanes of at least 4 members (excludes halogenated alkanes) is 1.